The fourth-order valence-corrected chi connectivity index (χ4v) is 2.01. The Morgan fingerprint density at radius 1 is 1.45 bits per heavy atom. The molecule has 1 aromatic carbocycles. The van der Waals surface area contributed by atoms with E-state index in [1.54, 1.807) is 18.2 Å². The summed E-state index contributed by atoms with van der Waals surface area (Å²) in [5, 5.41) is 11.7. The van der Waals surface area contributed by atoms with Crippen LogP contribution >= 0.6 is 23.4 Å². The van der Waals surface area contributed by atoms with Gasteiger partial charge >= 0.3 is 5.97 Å². The van der Waals surface area contributed by atoms with Crippen molar-refractivity contribution in [2.24, 2.45) is 0 Å². The molecule has 0 heterocycles. The number of hydrogen-bond acceptors (Lipinski definition) is 4. The second kappa shape index (κ2) is 8.71. The summed E-state index contributed by atoms with van der Waals surface area (Å²) in [4.78, 5) is 21.7. The maximum atomic E-state index is 11.5. The van der Waals surface area contributed by atoms with Crippen molar-refractivity contribution in [1.29, 1.82) is 0 Å². The van der Waals surface area contributed by atoms with Crippen LogP contribution in [0.15, 0.2) is 18.2 Å². The number of amides is 1. The summed E-state index contributed by atoms with van der Waals surface area (Å²) in [5.41, 5.74) is 0.884. The normalized spacial score (nSPS) is 10.1. The number of halogens is 1. The van der Waals surface area contributed by atoms with Crippen LogP contribution in [-0.2, 0) is 9.59 Å². The molecule has 0 saturated heterocycles. The van der Waals surface area contributed by atoms with Crippen LogP contribution in [0.25, 0.3) is 0 Å². The highest BCUT2D eigenvalue weighted by molar-refractivity contribution is 7.99. The zero-order chi connectivity index (χ0) is 15.0. The standard InChI is InChI=1S/C13H16ClNO4S/c1-9-6-10(2-3-11(9)14)19-7-12(16)15-4-5-20-8-13(17)18/h2-3,6H,4-5,7-8H2,1H3,(H,15,16)(H,17,18). The SMILES string of the molecule is Cc1cc(OCC(=O)NCCSCC(=O)O)ccc1Cl. The van der Waals surface area contributed by atoms with E-state index >= 15 is 0 Å². The molecule has 0 unspecified atom stereocenters. The lowest BCUT2D eigenvalue weighted by Crippen LogP contribution is -2.30. The van der Waals surface area contributed by atoms with Crippen LogP contribution in [0.5, 0.6) is 5.75 Å². The van der Waals surface area contributed by atoms with E-state index in [0.717, 1.165) is 5.56 Å². The van der Waals surface area contributed by atoms with Gasteiger partial charge in [-0.25, -0.2) is 0 Å². The van der Waals surface area contributed by atoms with E-state index in [9.17, 15) is 9.59 Å². The Morgan fingerprint density at radius 2 is 2.20 bits per heavy atom. The van der Waals surface area contributed by atoms with E-state index in [0.29, 0.717) is 23.1 Å². The predicted octanol–water partition coefficient (Wildman–Crippen LogP) is 1.96. The summed E-state index contributed by atoms with van der Waals surface area (Å²) in [7, 11) is 0. The van der Waals surface area contributed by atoms with Gasteiger partial charge in [-0.05, 0) is 30.7 Å². The van der Waals surface area contributed by atoms with Crippen LogP contribution in [-0.4, -0.2) is 41.6 Å². The first-order valence-electron chi connectivity index (χ1n) is 5.94. The van der Waals surface area contributed by atoms with Gasteiger partial charge in [0.25, 0.3) is 5.91 Å². The van der Waals surface area contributed by atoms with Gasteiger partial charge < -0.3 is 15.2 Å². The first-order chi connectivity index (χ1) is 9.49. The lowest BCUT2D eigenvalue weighted by Gasteiger charge is -2.08. The molecule has 2 N–H and O–H groups in total. The Kier molecular flexibility index (Phi) is 7.25. The number of carbonyl (C=O) groups excluding carboxylic acids is 1. The molecule has 110 valence electrons. The van der Waals surface area contributed by atoms with Gasteiger partial charge in [-0.15, -0.1) is 11.8 Å². The highest BCUT2D eigenvalue weighted by Gasteiger charge is 2.04. The molecule has 0 saturated carbocycles. The average Bonchev–Trinajstić information content (AvgIpc) is 2.39. The van der Waals surface area contributed by atoms with E-state index < -0.39 is 5.97 Å². The number of thioether (sulfide) groups is 1. The number of rotatable bonds is 8. The van der Waals surface area contributed by atoms with Crippen LogP contribution < -0.4 is 10.1 Å². The highest BCUT2D eigenvalue weighted by Crippen LogP contribution is 2.20. The van der Waals surface area contributed by atoms with Gasteiger partial charge in [-0.1, -0.05) is 11.6 Å². The maximum Gasteiger partial charge on any atom is 0.313 e. The number of aliphatic carboxylic acids is 1. The minimum absolute atomic E-state index is 0.0381. The number of aryl methyl sites for hydroxylation is 1. The Bertz CT molecular complexity index is 481. The van der Waals surface area contributed by atoms with Gasteiger partial charge in [0, 0.05) is 17.3 Å². The van der Waals surface area contributed by atoms with Crippen LogP contribution in [0.1, 0.15) is 5.56 Å². The van der Waals surface area contributed by atoms with Crippen molar-refractivity contribution >= 4 is 35.2 Å². The van der Waals surface area contributed by atoms with E-state index in [-0.39, 0.29) is 18.3 Å². The second-order valence-electron chi connectivity index (χ2n) is 4.00. The van der Waals surface area contributed by atoms with Crippen LogP contribution in [0.4, 0.5) is 0 Å². The molecule has 1 amide bonds. The van der Waals surface area contributed by atoms with Crippen LogP contribution in [0.2, 0.25) is 5.02 Å². The summed E-state index contributed by atoms with van der Waals surface area (Å²) < 4.78 is 5.33. The van der Waals surface area contributed by atoms with Crippen molar-refractivity contribution in [1.82, 2.24) is 5.32 Å². The summed E-state index contributed by atoms with van der Waals surface area (Å²) >= 11 is 7.14. The fraction of sp³-hybridized carbons (Fsp3) is 0.385. The molecule has 1 rings (SSSR count). The minimum atomic E-state index is -0.859. The monoisotopic (exact) mass is 317 g/mol. The molecule has 0 radical (unpaired) electrons. The summed E-state index contributed by atoms with van der Waals surface area (Å²) in [6.07, 6.45) is 0. The fourth-order valence-electron chi connectivity index (χ4n) is 1.33. The molecule has 0 fully saturated rings. The topological polar surface area (TPSA) is 75.6 Å². The van der Waals surface area contributed by atoms with E-state index in [4.69, 9.17) is 21.4 Å². The first kappa shape index (κ1) is 16.7. The number of carbonyl (C=O) groups is 2. The maximum absolute atomic E-state index is 11.5. The number of hydrogen-bond donors (Lipinski definition) is 2. The van der Waals surface area contributed by atoms with Crippen molar-refractivity contribution < 1.29 is 19.4 Å². The smallest absolute Gasteiger partial charge is 0.313 e. The molecule has 0 atom stereocenters. The third-order valence-corrected chi connectivity index (χ3v) is 3.66. The number of carboxylic acid groups (broad SMARTS) is 1. The van der Waals surface area contributed by atoms with E-state index in [2.05, 4.69) is 5.32 Å². The Hall–Kier alpha value is -1.40. The van der Waals surface area contributed by atoms with Gasteiger partial charge in [0.15, 0.2) is 6.61 Å². The molecule has 1 aromatic rings. The van der Waals surface area contributed by atoms with Gasteiger partial charge in [0.05, 0.1) is 5.75 Å². The third kappa shape index (κ3) is 6.68. The number of carboxylic acids is 1. The molecule has 20 heavy (non-hydrogen) atoms. The molecule has 0 aliphatic heterocycles. The summed E-state index contributed by atoms with van der Waals surface area (Å²) in [6.45, 7) is 2.19. The molecule has 0 aliphatic carbocycles. The summed E-state index contributed by atoms with van der Waals surface area (Å²) in [6, 6.07) is 5.18. The van der Waals surface area contributed by atoms with Crippen molar-refractivity contribution in [3.05, 3.63) is 28.8 Å². The number of nitrogens with one attached hydrogen (secondary N) is 1. The van der Waals surface area contributed by atoms with Crippen LogP contribution in [0.3, 0.4) is 0 Å². The number of ether oxygens (including phenoxy) is 1. The quantitative estimate of drug-likeness (QED) is 0.717. The third-order valence-electron chi connectivity index (χ3n) is 2.29. The van der Waals surface area contributed by atoms with Gasteiger partial charge in [0.2, 0.25) is 0 Å². The molecular weight excluding hydrogens is 302 g/mol. The van der Waals surface area contributed by atoms with Gasteiger partial charge in [0.1, 0.15) is 5.75 Å². The molecule has 0 bridgehead atoms. The molecule has 0 spiro atoms. The van der Waals surface area contributed by atoms with E-state index in [1.165, 1.54) is 11.8 Å². The first-order valence-corrected chi connectivity index (χ1v) is 7.47. The molecule has 0 aromatic heterocycles. The predicted molar refractivity (Wildman–Crippen MR) is 79.7 cm³/mol. The Morgan fingerprint density at radius 3 is 2.85 bits per heavy atom. The summed E-state index contributed by atoms with van der Waals surface area (Å²) in [5.74, 6) is 0.0766. The number of benzene rings is 1. The van der Waals surface area contributed by atoms with E-state index in [1.807, 2.05) is 6.92 Å². The zero-order valence-electron chi connectivity index (χ0n) is 11.0. The zero-order valence-corrected chi connectivity index (χ0v) is 12.6. The minimum Gasteiger partial charge on any atom is -0.484 e. The Balaban J connectivity index is 2.19. The lowest BCUT2D eigenvalue weighted by atomic mass is 10.2. The van der Waals surface area contributed by atoms with Crippen molar-refractivity contribution in [3.8, 4) is 5.75 Å². The van der Waals surface area contributed by atoms with Gasteiger partial charge in [-0.2, -0.15) is 0 Å². The molecular formula is C13H16ClNO4S. The highest BCUT2D eigenvalue weighted by atomic mass is 35.5. The average molecular weight is 318 g/mol. The second-order valence-corrected chi connectivity index (χ2v) is 5.51. The van der Waals surface area contributed by atoms with Crippen molar-refractivity contribution in [2.45, 2.75) is 6.92 Å². The Labute approximate surface area is 126 Å². The van der Waals surface area contributed by atoms with Crippen molar-refractivity contribution in [3.63, 3.8) is 0 Å². The largest absolute Gasteiger partial charge is 0.484 e. The van der Waals surface area contributed by atoms with Crippen LogP contribution in [0, 0.1) is 6.92 Å². The van der Waals surface area contributed by atoms with Gasteiger partial charge in [-0.3, -0.25) is 9.59 Å². The van der Waals surface area contributed by atoms with Crippen molar-refractivity contribution in [2.75, 3.05) is 24.7 Å². The molecule has 0 aliphatic rings. The molecule has 5 nitrogen and oxygen atoms in total. The molecule has 7 heteroatoms. The lowest BCUT2D eigenvalue weighted by molar-refractivity contribution is -0.133.